The zero-order valence-corrected chi connectivity index (χ0v) is 10.4. The number of nitrogens with two attached hydrogens (primary N) is 1. The number of hydrogen-bond acceptors (Lipinski definition) is 4. The molecule has 94 valence electrons. The van der Waals surface area contributed by atoms with Crippen molar-refractivity contribution in [3.63, 3.8) is 0 Å². The lowest BCUT2D eigenvalue weighted by Crippen LogP contribution is -2.04. The number of nitrogens with zero attached hydrogens (tertiary/aromatic N) is 3. The van der Waals surface area contributed by atoms with E-state index in [2.05, 4.69) is 10.1 Å². The van der Waals surface area contributed by atoms with Gasteiger partial charge in [-0.15, -0.1) is 0 Å². The summed E-state index contributed by atoms with van der Waals surface area (Å²) in [5.41, 5.74) is 9.79. The molecule has 0 saturated heterocycles. The number of aromatic nitrogens is 3. The van der Waals surface area contributed by atoms with Crippen molar-refractivity contribution in [3.05, 3.63) is 47.7 Å². The molecule has 0 aliphatic heterocycles. The molecule has 5 heteroatoms. The zero-order valence-electron chi connectivity index (χ0n) is 10.4. The summed E-state index contributed by atoms with van der Waals surface area (Å²) in [5, 5.41) is 4.39. The van der Waals surface area contributed by atoms with Gasteiger partial charge in [0, 0.05) is 17.8 Å². The van der Waals surface area contributed by atoms with E-state index in [9.17, 15) is 4.79 Å². The Morgan fingerprint density at radius 2 is 2.00 bits per heavy atom. The maximum atomic E-state index is 10.8. The smallest absolute Gasteiger partial charge is 0.157 e. The van der Waals surface area contributed by atoms with Gasteiger partial charge in [-0.3, -0.25) is 4.79 Å². The summed E-state index contributed by atoms with van der Waals surface area (Å²) in [4.78, 5) is 15.0. The summed E-state index contributed by atoms with van der Waals surface area (Å²) in [5.74, 6) is 0.304. The van der Waals surface area contributed by atoms with E-state index in [0.717, 1.165) is 11.3 Å². The zero-order chi connectivity index (χ0) is 13.4. The lowest BCUT2D eigenvalue weighted by molar-refractivity contribution is 0.112. The molecule has 0 radical (unpaired) electrons. The van der Waals surface area contributed by atoms with E-state index in [4.69, 9.17) is 5.73 Å². The summed E-state index contributed by atoms with van der Waals surface area (Å²) in [6.07, 6.45) is 2.13. The van der Waals surface area contributed by atoms with Crippen LogP contribution in [-0.4, -0.2) is 20.9 Å². The van der Waals surface area contributed by atoms with Gasteiger partial charge in [0.05, 0.1) is 11.3 Å². The van der Waals surface area contributed by atoms with Crippen molar-refractivity contribution in [1.29, 1.82) is 0 Å². The van der Waals surface area contributed by atoms with E-state index in [0.29, 0.717) is 23.3 Å². The van der Waals surface area contributed by atoms with Crippen LogP contribution in [0.4, 0.5) is 5.82 Å². The Balaban J connectivity index is 2.19. The largest absolute Gasteiger partial charge is 0.383 e. The highest BCUT2D eigenvalue weighted by atomic mass is 16.1. The molecule has 0 unspecified atom stereocenters. The second-order valence-corrected chi connectivity index (χ2v) is 4.38. The molecule has 2 N–H and O–H groups in total. The van der Waals surface area contributed by atoms with E-state index < -0.39 is 0 Å². The first-order valence-corrected chi connectivity index (χ1v) is 5.85. The lowest BCUT2D eigenvalue weighted by atomic mass is 10.1. The number of benzene rings is 1. The third-order valence-corrected chi connectivity index (χ3v) is 3.02. The van der Waals surface area contributed by atoms with Crippen LogP contribution in [0, 0.1) is 6.92 Å². The van der Waals surface area contributed by atoms with Gasteiger partial charge in [0.2, 0.25) is 0 Å². The van der Waals surface area contributed by atoms with Crippen LogP contribution in [0.15, 0.2) is 36.5 Å². The van der Waals surface area contributed by atoms with Crippen molar-refractivity contribution >= 4 is 17.8 Å². The maximum Gasteiger partial charge on any atom is 0.157 e. The van der Waals surface area contributed by atoms with Crippen LogP contribution in [0.25, 0.3) is 16.9 Å². The molecule has 0 fully saturated rings. The highest BCUT2D eigenvalue weighted by Gasteiger charge is 2.09. The summed E-state index contributed by atoms with van der Waals surface area (Å²) in [7, 11) is 0. The first-order chi connectivity index (χ1) is 9.19. The highest BCUT2D eigenvalue weighted by molar-refractivity contribution is 5.82. The van der Waals surface area contributed by atoms with Crippen molar-refractivity contribution in [2.45, 2.75) is 6.92 Å². The Morgan fingerprint density at radius 1 is 1.26 bits per heavy atom. The maximum absolute atomic E-state index is 10.8. The minimum absolute atomic E-state index is 0.304. The quantitative estimate of drug-likeness (QED) is 0.709. The summed E-state index contributed by atoms with van der Waals surface area (Å²) < 4.78 is 1.49. The number of anilines is 1. The normalized spacial score (nSPS) is 10.8. The fraction of sp³-hybridized carbons (Fsp3) is 0.0714. The molecule has 0 spiro atoms. The fourth-order valence-electron chi connectivity index (χ4n) is 1.92. The van der Waals surface area contributed by atoms with Crippen LogP contribution >= 0.6 is 0 Å². The number of hydrogen-bond donors (Lipinski definition) is 1. The molecule has 1 aromatic carbocycles. The van der Waals surface area contributed by atoms with Gasteiger partial charge in [0.25, 0.3) is 0 Å². The summed E-state index contributed by atoms with van der Waals surface area (Å²) >= 11 is 0. The van der Waals surface area contributed by atoms with Gasteiger partial charge in [-0.05, 0) is 6.92 Å². The van der Waals surface area contributed by atoms with E-state index in [-0.39, 0.29) is 0 Å². The van der Waals surface area contributed by atoms with Crippen LogP contribution in [0.3, 0.4) is 0 Å². The van der Waals surface area contributed by atoms with Crippen LogP contribution in [0.1, 0.15) is 15.9 Å². The second-order valence-electron chi connectivity index (χ2n) is 4.38. The number of nitrogen functional groups attached to an aromatic ring is 1. The molecule has 5 nitrogen and oxygen atoms in total. The molecule has 3 aromatic rings. The van der Waals surface area contributed by atoms with Crippen LogP contribution in [0.2, 0.25) is 0 Å². The molecule has 0 aliphatic rings. The van der Waals surface area contributed by atoms with Crippen molar-refractivity contribution in [2.24, 2.45) is 0 Å². The van der Waals surface area contributed by atoms with Gasteiger partial charge in [-0.2, -0.15) is 9.61 Å². The third-order valence-electron chi connectivity index (χ3n) is 3.02. The number of rotatable bonds is 2. The van der Waals surface area contributed by atoms with Crippen molar-refractivity contribution in [3.8, 4) is 11.3 Å². The fourth-order valence-corrected chi connectivity index (χ4v) is 1.92. The van der Waals surface area contributed by atoms with E-state index >= 15 is 0 Å². The first-order valence-electron chi connectivity index (χ1n) is 5.85. The van der Waals surface area contributed by atoms with E-state index in [1.54, 1.807) is 0 Å². The summed E-state index contributed by atoms with van der Waals surface area (Å²) in [6, 6.07) is 9.87. The van der Waals surface area contributed by atoms with Gasteiger partial charge in [-0.1, -0.05) is 29.8 Å². The molecule has 3 rings (SSSR count). The van der Waals surface area contributed by atoms with E-state index in [1.807, 2.05) is 37.3 Å². The SMILES string of the molecule is Cc1ccc(-c2cc3ncc(C=O)c(N)n3n2)cc1. The van der Waals surface area contributed by atoms with Crippen LogP contribution < -0.4 is 5.73 Å². The Hall–Kier alpha value is -2.69. The lowest BCUT2D eigenvalue weighted by Gasteiger charge is -2.00. The van der Waals surface area contributed by atoms with Crippen molar-refractivity contribution in [1.82, 2.24) is 14.6 Å². The number of carbonyl (C=O) groups is 1. The molecule has 19 heavy (non-hydrogen) atoms. The number of fused-ring (bicyclic) bond motifs is 1. The average molecular weight is 252 g/mol. The van der Waals surface area contributed by atoms with Gasteiger partial charge < -0.3 is 5.73 Å². The molecule has 0 amide bonds. The minimum atomic E-state index is 0.304. The summed E-state index contributed by atoms with van der Waals surface area (Å²) in [6.45, 7) is 2.03. The molecule has 2 heterocycles. The molecule has 0 atom stereocenters. The Morgan fingerprint density at radius 3 is 2.68 bits per heavy atom. The predicted molar refractivity (Wildman–Crippen MR) is 73.0 cm³/mol. The Labute approximate surface area is 109 Å². The topological polar surface area (TPSA) is 73.3 Å². The minimum Gasteiger partial charge on any atom is -0.383 e. The predicted octanol–water partition coefficient (Wildman–Crippen LogP) is 2.10. The van der Waals surface area contributed by atoms with Crippen LogP contribution in [0.5, 0.6) is 0 Å². The standard InChI is InChI=1S/C14H12N4O/c1-9-2-4-10(5-3-9)12-6-13-16-7-11(8-19)14(15)18(13)17-12/h2-8H,15H2,1H3. The number of aryl methyl sites for hydroxylation is 1. The van der Waals surface area contributed by atoms with Gasteiger partial charge in [0.15, 0.2) is 11.9 Å². The number of aldehydes is 1. The van der Waals surface area contributed by atoms with Gasteiger partial charge in [-0.25, -0.2) is 4.98 Å². The molecule has 2 aromatic heterocycles. The monoisotopic (exact) mass is 252 g/mol. The molecular formula is C14H12N4O. The molecular weight excluding hydrogens is 240 g/mol. The first kappa shape index (κ1) is 11.4. The van der Waals surface area contributed by atoms with Gasteiger partial charge in [0.1, 0.15) is 5.82 Å². The number of carbonyl (C=O) groups excluding carboxylic acids is 1. The van der Waals surface area contributed by atoms with Crippen molar-refractivity contribution in [2.75, 3.05) is 5.73 Å². The van der Waals surface area contributed by atoms with Gasteiger partial charge >= 0.3 is 0 Å². The average Bonchev–Trinajstić information content (AvgIpc) is 2.85. The molecule has 0 saturated carbocycles. The molecule has 0 bridgehead atoms. The molecule has 0 aliphatic carbocycles. The second kappa shape index (κ2) is 4.20. The van der Waals surface area contributed by atoms with Crippen LogP contribution in [-0.2, 0) is 0 Å². The third kappa shape index (κ3) is 1.85. The van der Waals surface area contributed by atoms with Crippen molar-refractivity contribution < 1.29 is 4.79 Å². The highest BCUT2D eigenvalue weighted by Crippen LogP contribution is 2.21. The Kier molecular flexibility index (Phi) is 2.52. The Bertz CT molecular complexity index is 759. The van der Waals surface area contributed by atoms with E-state index in [1.165, 1.54) is 16.3 Å².